The lowest BCUT2D eigenvalue weighted by Crippen LogP contribution is -2.30. The molecule has 0 fully saturated rings. The highest BCUT2D eigenvalue weighted by Gasteiger charge is 2.10. The molecular formula is C17H27NO2. The summed E-state index contributed by atoms with van der Waals surface area (Å²) in [6, 6.07) is 8.13. The van der Waals surface area contributed by atoms with Crippen molar-refractivity contribution >= 4 is 11.7 Å². The third-order valence-corrected chi connectivity index (χ3v) is 3.38. The molecule has 0 atom stereocenters. The normalized spacial score (nSPS) is 10.7. The van der Waals surface area contributed by atoms with E-state index in [1.54, 1.807) is 0 Å². The minimum atomic E-state index is -0.222. The van der Waals surface area contributed by atoms with E-state index in [0.29, 0.717) is 18.2 Å². The van der Waals surface area contributed by atoms with Crippen molar-refractivity contribution in [2.24, 2.45) is 0 Å². The quantitative estimate of drug-likeness (QED) is 0.525. The lowest BCUT2D eigenvalue weighted by Gasteiger charge is -2.27. The fourth-order valence-corrected chi connectivity index (χ4v) is 2.24. The van der Waals surface area contributed by atoms with Crippen LogP contribution in [-0.2, 0) is 4.74 Å². The zero-order valence-corrected chi connectivity index (χ0v) is 13.2. The summed E-state index contributed by atoms with van der Waals surface area (Å²) in [6.45, 7) is 10.1. The van der Waals surface area contributed by atoms with E-state index >= 15 is 0 Å². The van der Waals surface area contributed by atoms with E-state index in [2.05, 4.69) is 32.6 Å². The van der Waals surface area contributed by atoms with Crippen molar-refractivity contribution in [2.45, 2.75) is 53.0 Å². The number of rotatable bonds is 8. The van der Waals surface area contributed by atoms with Crippen molar-refractivity contribution in [3.63, 3.8) is 0 Å². The summed E-state index contributed by atoms with van der Waals surface area (Å²) in [6.07, 6.45) is 3.18. The van der Waals surface area contributed by atoms with Crippen LogP contribution in [0.5, 0.6) is 0 Å². The first-order valence-electron chi connectivity index (χ1n) is 7.64. The van der Waals surface area contributed by atoms with Gasteiger partial charge < -0.3 is 9.64 Å². The molecule has 0 saturated heterocycles. The van der Waals surface area contributed by atoms with Gasteiger partial charge in [0.2, 0.25) is 0 Å². The van der Waals surface area contributed by atoms with Crippen LogP contribution in [0.1, 0.15) is 57.3 Å². The SMILES string of the molecule is CCCCCOC(=O)c1ccc(N(CC)C(C)C)cc1. The monoisotopic (exact) mass is 277 g/mol. The number of benzene rings is 1. The van der Waals surface area contributed by atoms with Gasteiger partial charge in [0.15, 0.2) is 0 Å². The Labute approximate surface area is 122 Å². The Morgan fingerprint density at radius 1 is 1.15 bits per heavy atom. The Morgan fingerprint density at radius 3 is 2.30 bits per heavy atom. The number of carbonyl (C=O) groups excluding carboxylic acids is 1. The molecule has 20 heavy (non-hydrogen) atoms. The Hall–Kier alpha value is -1.51. The molecule has 0 aliphatic heterocycles. The van der Waals surface area contributed by atoms with E-state index in [0.717, 1.165) is 31.5 Å². The molecule has 112 valence electrons. The van der Waals surface area contributed by atoms with Gasteiger partial charge in [-0.2, -0.15) is 0 Å². The van der Waals surface area contributed by atoms with Crippen LogP contribution >= 0.6 is 0 Å². The second-order valence-corrected chi connectivity index (χ2v) is 5.27. The van der Waals surface area contributed by atoms with Gasteiger partial charge in [-0.05, 0) is 51.5 Å². The van der Waals surface area contributed by atoms with Crippen LogP contribution in [-0.4, -0.2) is 25.2 Å². The minimum Gasteiger partial charge on any atom is -0.462 e. The third kappa shape index (κ3) is 4.87. The van der Waals surface area contributed by atoms with E-state index < -0.39 is 0 Å². The van der Waals surface area contributed by atoms with Crippen molar-refractivity contribution < 1.29 is 9.53 Å². The second-order valence-electron chi connectivity index (χ2n) is 5.27. The highest BCUT2D eigenvalue weighted by atomic mass is 16.5. The smallest absolute Gasteiger partial charge is 0.338 e. The van der Waals surface area contributed by atoms with Crippen molar-refractivity contribution in [1.82, 2.24) is 0 Å². The summed E-state index contributed by atoms with van der Waals surface area (Å²) >= 11 is 0. The predicted octanol–water partition coefficient (Wildman–Crippen LogP) is 4.27. The molecule has 0 spiro atoms. The van der Waals surface area contributed by atoms with Crippen LogP contribution in [0.25, 0.3) is 0 Å². The van der Waals surface area contributed by atoms with E-state index in [1.807, 2.05) is 24.3 Å². The summed E-state index contributed by atoms with van der Waals surface area (Å²) in [5.41, 5.74) is 1.77. The molecule has 0 aromatic heterocycles. The molecule has 0 amide bonds. The highest BCUT2D eigenvalue weighted by Crippen LogP contribution is 2.18. The van der Waals surface area contributed by atoms with Crippen molar-refractivity contribution in [3.8, 4) is 0 Å². The lowest BCUT2D eigenvalue weighted by molar-refractivity contribution is 0.0498. The molecule has 0 radical (unpaired) electrons. The molecule has 3 nitrogen and oxygen atoms in total. The highest BCUT2D eigenvalue weighted by molar-refractivity contribution is 5.89. The van der Waals surface area contributed by atoms with Crippen molar-refractivity contribution in [3.05, 3.63) is 29.8 Å². The van der Waals surface area contributed by atoms with Gasteiger partial charge in [-0.3, -0.25) is 0 Å². The molecular weight excluding hydrogens is 250 g/mol. The number of unbranched alkanes of at least 4 members (excludes halogenated alkanes) is 2. The number of carbonyl (C=O) groups is 1. The molecule has 1 aromatic rings. The Bertz CT molecular complexity index is 398. The number of esters is 1. The summed E-state index contributed by atoms with van der Waals surface area (Å²) in [5, 5.41) is 0. The maximum Gasteiger partial charge on any atom is 0.338 e. The number of hydrogen-bond acceptors (Lipinski definition) is 3. The van der Waals surface area contributed by atoms with Gasteiger partial charge >= 0.3 is 5.97 Å². The van der Waals surface area contributed by atoms with Crippen molar-refractivity contribution in [1.29, 1.82) is 0 Å². The summed E-state index contributed by atoms with van der Waals surface area (Å²) < 4.78 is 5.25. The van der Waals surface area contributed by atoms with Crippen LogP contribution in [0.4, 0.5) is 5.69 Å². The molecule has 1 rings (SSSR count). The molecule has 3 heteroatoms. The number of nitrogens with zero attached hydrogens (tertiary/aromatic N) is 1. The number of hydrogen-bond donors (Lipinski definition) is 0. The molecule has 0 aliphatic carbocycles. The Kier molecular flexibility index (Phi) is 7.13. The second kappa shape index (κ2) is 8.62. The van der Waals surface area contributed by atoms with Crippen LogP contribution < -0.4 is 4.90 Å². The first-order valence-corrected chi connectivity index (χ1v) is 7.64. The van der Waals surface area contributed by atoms with Crippen LogP contribution in [0.15, 0.2) is 24.3 Å². The van der Waals surface area contributed by atoms with Crippen LogP contribution in [0.3, 0.4) is 0 Å². The van der Waals surface area contributed by atoms with Gasteiger partial charge in [0.25, 0.3) is 0 Å². The number of anilines is 1. The van der Waals surface area contributed by atoms with Gasteiger partial charge in [-0.15, -0.1) is 0 Å². The lowest BCUT2D eigenvalue weighted by atomic mass is 10.1. The third-order valence-electron chi connectivity index (χ3n) is 3.38. The first kappa shape index (κ1) is 16.5. The van der Waals surface area contributed by atoms with Crippen molar-refractivity contribution in [2.75, 3.05) is 18.1 Å². The average molecular weight is 277 g/mol. The van der Waals surface area contributed by atoms with Crippen LogP contribution in [0.2, 0.25) is 0 Å². The molecule has 0 aliphatic rings. The summed E-state index contributed by atoms with van der Waals surface area (Å²) in [5.74, 6) is -0.222. The van der Waals surface area contributed by atoms with E-state index in [1.165, 1.54) is 0 Å². The largest absolute Gasteiger partial charge is 0.462 e. The number of ether oxygens (including phenoxy) is 1. The molecule has 0 N–H and O–H groups in total. The Morgan fingerprint density at radius 2 is 1.80 bits per heavy atom. The molecule has 0 bridgehead atoms. The zero-order chi connectivity index (χ0) is 15.0. The maximum atomic E-state index is 11.9. The first-order chi connectivity index (χ1) is 9.60. The zero-order valence-electron chi connectivity index (χ0n) is 13.2. The molecule has 0 unspecified atom stereocenters. The summed E-state index contributed by atoms with van der Waals surface area (Å²) in [4.78, 5) is 14.1. The van der Waals surface area contributed by atoms with E-state index in [-0.39, 0.29) is 5.97 Å². The van der Waals surface area contributed by atoms with Gasteiger partial charge in [0.1, 0.15) is 0 Å². The standard InChI is InChI=1S/C17H27NO2/c1-5-7-8-13-20-17(19)15-9-11-16(12-10-15)18(6-2)14(3)4/h9-12,14H,5-8,13H2,1-4H3. The van der Waals surface area contributed by atoms with E-state index in [9.17, 15) is 4.79 Å². The average Bonchev–Trinajstić information content (AvgIpc) is 2.44. The fourth-order valence-electron chi connectivity index (χ4n) is 2.24. The molecule has 1 aromatic carbocycles. The van der Waals surface area contributed by atoms with Gasteiger partial charge in [0, 0.05) is 18.3 Å². The van der Waals surface area contributed by atoms with E-state index in [4.69, 9.17) is 4.74 Å². The summed E-state index contributed by atoms with van der Waals surface area (Å²) in [7, 11) is 0. The van der Waals surface area contributed by atoms with Crippen LogP contribution in [0, 0.1) is 0 Å². The Balaban J connectivity index is 2.59. The van der Waals surface area contributed by atoms with Gasteiger partial charge in [-0.25, -0.2) is 4.79 Å². The van der Waals surface area contributed by atoms with Gasteiger partial charge in [0.05, 0.1) is 12.2 Å². The molecule has 0 heterocycles. The topological polar surface area (TPSA) is 29.5 Å². The van der Waals surface area contributed by atoms with Gasteiger partial charge in [-0.1, -0.05) is 19.8 Å². The minimum absolute atomic E-state index is 0.222. The maximum absolute atomic E-state index is 11.9. The predicted molar refractivity (Wildman–Crippen MR) is 84.4 cm³/mol. The fraction of sp³-hybridized carbons (Fsp3) is 0.588. The molecule has 0 saturated carbocycles.